The van der Waals surface area contributed by atoms with Crippen molar-refractivity contribution in [1.82, 2.24) is 15.0 Å². The Labute approximate surface area is 112 Å². The number of hydrogen-bond donors (Lipinski definition) is 1. The van der Waals surface area contributed by atoms with Gasteiger partial charge in [-0.2, -0.15) is 0 Å². The zero-order chi connectivity index (χ0) is 13.1. The van der Waals surface area contributed by atoms with Gasteiger partial charge in [0, 0.05) is 23.2 Å². The van der Waals surface area contributed by atoms with E-state index in [1.54, 1.807) is 11.3 Å². The summed E-state index contributed by atoms with van der Waals surface area (Å²) in [7, 11) is 0. The molecule has 0 atom stereocenters. The summed E-state index contributed by atoms with van der Waals surface area (Å²) in [6.07, 6.45) is 0.698. The highest BCUT2D eigenvalue weighted by Gasteiger charge is 2.09. The van der Waals surface area contributed by atoms with Crippen molar-refractivity contribution < 1.29 is 0 Å². The van der Waals surface area contributed by atoms with Gasteiger partial charge in [-0.3, -0.25) is 0 Å². The molecule has 2 heterocycles. The predicted molar refractivity (Wildman–Crippen MR) is 75.3 cm³/mol. The number of thiazole rings is 1. The van der Waals surface area contributed by atoms with Gasteiger partial charge >= 0.3 is 0 Å². The molecule has 0 aromatic carbocycles. The van der Waals surface area contributed by atoms with E-state index in [0.29, 0.717) is 6.42 Å². The van der Waals surface area contributed by atoms with E-state index in [0.717, 1.165) is 40.1 Å². The fourth-order valence-corrected chi connectivity index (χ4v) is 2.37. The number of nitrogens with zero attached hydrogens (tertiary/aromatic N) is 3. The van der Waals surface area contributed by atoms with Gasteiger partial charge in [0.15, 0.2) is 0 Å². The minimum atomic E-state index is 0.698. The zero-order valence-electron chi connectivity index (χ0n) is 11.2. The van der Waals surface area contributed by atoms with E-state index in [9.17, 15) is 0 Å². The summed E-state index contributed by atoms with van der Waals surface area (Å²) in [5.74, 6) is 1.77. The van der Waals surface area contributed by atoms with E-state index < -0.39 is 0 Å². The third kappa shape index (κ3) is 2.85. The molecular weight excluding hydrogens is 244 g/mol. The second-order valence-corrected chi connectivity index (χ2v) is 5.33. The van der Waals surface area contributed by atoms with Gasteiger partial charge in [0.1, 0.15) is 11.6 Å². The molecule has 2 rings (SSSR count). The standard InChI is InChI=1S/C13H18N4S/c1-5-14-13-8(2)9(3)15-12(17-13)6-11-7-18-10(4)16-11/h7H,5-6H2,1-4H3,(H,14,15,17). The molecule has 1 N–H and O–H groups in total. The smallest absolute Gasteiger partial charge is 0.136 e. The van der Waals surface area contributed by atoms with Gasteiger partial charge in [-0.15, -0.1) is 11.3 Å². The lowest BCUT2D eigenvalue weighted by molar-refractivity contribution is 0.905. The normalized spacial score (nSPS) is 10.7. The Morgan fingerprint density at radius 3 is 2.56 bits per heavy atom. The highest BCUT2D eigenvalue weighted by molar-refractivity contribution is 7.09. The lowest BCUT2D eigenvalue weighted by Gasteiger charge is -2.10. The van der Waals surface area contributed by atoms with E-state index in [2.05, 4.69) is 32.6 Å². The van der Waals surface area contributed by atoms with Crippen molar-refractivity contribution in [2.24, 2.45) is 0 Å². The van der Waals surface area contributed by atoms with Crippen LogP contribution in [-0.4, -0.2) is 21.5 Å². The first kappa shape index (κ1) is 13.0. The van der Waals surface area contributed by atoms with E-state index >= 15 is 0 Å². The maximum absolute atomic E-state index is 4.57. The van der Waals surface area contributed by atoms with Crippen molar-refractivity contribution in [2.75, 3.05) is 11.9 Å². The monoisotopic (exact) mass is 262 g/mol. The Hall–Kier alpha value is -1.49. The lowest BCUT2D eigenvalue weighted by atomic mass is 10.2. The summed E-state index contributed by atoms with van der Waals surface area (Å²) in [6, 6.07) is 0. The van der Waals surface area contributed by atoms with Crippen LogP contribution >= 0.6 is 11.3 Å². The Balaban J connectivity index is 2.28. The van der Waals surface area contributed by atoms with Crippen molar-refractivity contribution in [3.05, 3.63) is 33.2 Å². The second-order valence-electron chi connectivity index (χ2n) is 4.26. The minimum Gasteiger partial charge on any atom is -0.370 e. The highest BCUT2D eigenvalue weighted by atomic mass is 32.1. The molecule has 0 aliphatic rings. The average molecular weight is 262 g/mol. The maximum Gasteiger partial charge on any atom is 0.136 e. The molecule has 0 radical (unpaired) electrons. The molecule has 18 heavy (non-hydrogen) atoms. The predicted octanol–water partition coefficient (Wildman–Crippen LogP) is 2.88. The van der Waals surface area contributed by atoms with Crippen LogP contribution in [0.1, 0.15) is 34.7 Å². The van der Waals surface area contributed by atoms with Crippen molar-refractivity contribution in [2.45, 2.75) is 34.1 Å². The van der Waals surface area contributed by atoms with Crippen molar-refractivity contribution >= 4 is 17.2 Å². The minimum absolute atomic E-state index is 0.698. The summed E-state index contributed by atoms with van der Waals surface area (Å²) in [5, 5.41) is 6.43. The van der Waals surface area contributed by atoms with Crippen LogP contribution < -0.4 is 5.32 Å². The van der Waals surface area contributed by atoms with Gasteiger partial charge in [-0.25, -0.2) is 15.0 Å². The molecule has 5 heteroatoms. The van der Waals surface area contributed by atoms with Crippen LogP contribution in [0, 0.1) is 20.8 Å². The summed E-state index contributed by atoms with van der Waals surface area (Å²) in [6.45, 7) is 9.02. The van der Waals surface area contributed by atoms with Crippen LogP contribution in [-0.2, 0) is 6.42 Å². The number of aryl methyl sites for hydroxylation is 2. The van der Waals surface area contributed by atoms with Crippen LogP contribution in [0.2, 0.25) is 0 Å². The third-order valence-electron chi connectivity index (χ3n) is 2.79. The van der Waals surface area contributed by atoms with Gasteiger partial charge in [0.2, 0.25) is 0 Å². The molecule has 0 unspecified atom stereocenters. The third-order valence-corrected chi connectivity index (χ3v) is 3.61. The summed E-state index contributed by atoms with van der Waals surface area (Å²) in [4.78, 5) is 13.6. The van der Waals surface area contributed by atoms with Gasteiger partial charge in [0.25, 0.3) is 0 Å². The number of hydrogen-bond acceptors (Lipinski definition) is 5. The molecule has 0 amide bonds. The van der Waals surface area contributed by atoms with Crippen molar-refractivity contribution in [3.8, 4) is 0 Å². The molecule has 0 saturated heterocycles. The quantitative estimate of drug-likeness (QED) is 0.920. The van der Waals surface area contributed by atoms with Gasteiger partial charge < -0.3 is 5.32 Å². The average Bonchev–Trinajstić information content (AvgIpc) is 2.71. The number of aromatic nitrogens is 3. The number of rotatable bonds is 4. The van der Waals surface area contributed by atoms with E-state index in [4.69, 9.17) is 0 Å². The van der Waals surface area contributed by atoms with Crippen LogP contribution in [0.5, 0.6) is 0 Å². The first-order valence-electron chi connectivity index (χ1n) is 6.09. The van der Waals surface area contributed by atoms with E-state index in [-0.39, 0.29) is 0 Å². The largest absolute Gasteiger partial charge is 0.370 e. The lowest BCUT2D eigenvalue weighted by Crippen LogP contribution is -2.08. The highest BCUT2D eigenvalue weighted by Crippen LogP contribution is 2.17. The molecule has 0 aliphatic heterocycles. The molecule has 0 fully saturated rings. The van der Waals surface area contributed by atoms with Crippen LogP contribution in [0.4, 0.5) is 5.82 Å². The van der Waals surface area contributed by atoms with Crippen molar-refractivity contribution in [1.29, 1.82) is 0 Å². The molecule has 2 aromatic heterocycles. The second kappa shape index (κ2) is 5.44. The van der Waals surface area contributed by atoms with Crippen LogP contribution in [0.15, 0.2) is 5.38 Å². The Morgan fingerprint density at radius 1 is 1.17 bits per heavy atom. The fourth-order valence-electron chi connectivity index (χ4n) is 1.76. The first-order chi connectivity index (χ1) is 8.60. The Morgan fingerprint density at radius 2 is 1.94 bits per heavy atom. The topological polar surface area (TPSA) is 50.7 Å². The molecule has 2 aromatic rings. The zero-order valence-corrected chi connectivity index (χ0v) is 12.1. The van der Waals surface area contributed by atoms with E-state index in [1.807, 2.05) is 20.8 Å². The Kier molecular flexibility index (Phi) is 3.91. The van der Waals surface area contributed by atoms with Crippen LogP contribution in [0.3, 0.4) is 0 Å². The first-order valence-corrected chi connectivity index (χ1v) is 6.97. The molecule has 0 saturated carbocycles. The van der Waals surface area contributed by atoms with Gasteiger partial charge in [-0.05, 0) is 27.7 Å². The van der Waals surface area contributed by atoms with Gasteiger partial charge in [-0.1, -0.05) is 0 Å². The fraction of sp³-hybridized carbons (Fsp3) is 0.462. The summed E-state index contributed by atoms with van der Waals surface area (Å²) in [5.41, 5.74) is 3.20. The number of nitrogens with one attached hydrogen (secondary N) is 1. The Bertz CT molecular complexity index is 548. The SMILES string of the molecule is CCNc1nc(Cc2csc(C)n2)nc(C)c1C. The molecule has 4 nitrogen and oxygen atoms in total. The summed E-state index contributed by atoms with van der Waals surface area (Å²) >= 11 is 1.66. The van der Waals surface area contributed by atoms with Crippen molar-refractivity contribution in [3.63, 3.8) is 0 Å². The molecule has 0 spiro atoms. The molecule has 96 valence electrons. The van der Waals surface area contributed by atoms with E-state index in [1.165, 1.54) is 0 Å². The molecule has 0 aliphatic carbocycles. The van der Waals surface area contributed by atoms with Gasteiger partial charge in [0.05, 0.1) is 17.1 Å². The number of anilines is 1. The molecule has 0 bridgehead atoms. The van der Waals surface area contributed by atoms with Crippen LogP contribution in [0.25, 0.3) is 0 Å². The molecular formula is C13H18N4S. The maximum atomic E-state index is 4.57. The summed E-state index contributed by atoms with van der Waals surface area (Å²) < 4.78 is 0.